The second-order valence-corrected chi connectivity index (χ2v) is 5.93. The smallest absolute Gasteiger partial charge is 0.290 e. The fourth-order valence-electron chi connectivity index (χ4n) is 1.20. The lowest BCUT2D eigenvalue weighted by Gasteiger charge is -2.05. The van der Waals surface area contributed by atoms with Crippen LogP contribution in [0.15, 0.2) is 12.3 Å². The second kappa shape index (κ2) is 5.09. The standard InChI is InChI=1S/C9H13N3O4S/c1-7-5-9(10-3-4-17(2,15)16)11-6-8(7)12(13)14/h5-6H,3-4H2,1-2H3,(H,10,11). The van der Waals surface area contributed by atoms with E-state index in [0.717, 1.165) is 12.5 Å². The molecule has 0 amide bonds. The van der Waals surface area contributed by atoms with E-state index in [1.807, 2.05) is 0 Å². The molecular weight excluding hydrogens is 246 g/mol. The predicted octanol–water partition coefficient (Wildman–Crippen LogP) is 0.755. The summed E-state index contributed by atoms with van der Waals surface area (Å²) in [5, 5.41) is 13.3. The topological polar surface area (TPSA) is 102 Å². The number of anilines is 1. The van der Waals surface area contributed by atoms with E-state index < -0.39 is 14.8 Å². The van der Waals surface area contributed by atoms with Gasteiger partial charge in [0.25, 0.3) is 5.69 Å². The molecular formula is C9H13N3O4S. The first-order valence-corrected chi connectivity index (χ1v) is 6.88. The molecule has 0 aromatic carbocycles. The number of hydrogen-bond donors (Lipinski definition) is 1. The fraction of sp³-hybridized carbons (Fsp3) is 0.444. The van der Waals surface area contributed by atoms with Crippen molar-refractivity contribution in [2.45, 2.75) is 6.92 Å². The molecule has 1 N–H and O–H groups in total. The SMILES string of the molecule is Cc1cc(NCCS(C)(=O)=O)ncc1[N+](=O)[O-]. The lowest BCUT2D eigenvalue weighted by Crippen LogP contribution is -2.14. The van der Waals surface area contributed by atoms with Crippen molar-refractivity contribution in [3.63, 3.8) is 0 Å². The molecule has 0 aliphatic rings. The predicted molar refractivity (Wildman–Crippen MR) is 63.8 cm³/mol. The molecule has 1 rings (SSSR count). The van der Waals surface area contributed by atoms with E-state index in [4.69, 9.17) is 0 Å². The summed E-state index contributed by atoms with van der Waals surface area (Å²) >= 11 is 0. The highest BCUT2D eigenvalue weighted by atomic mass is 32.2. The molecule has 17 heavy (non-hydrogen) atoms. The summed E-state index contributed by atoms with van der Waals surface area (Å²) in [7, 11) is -3.02. The zero-order valence-electron chi connectivity index (χ0n) is 9.50. The van der Waals surface area contributed by atoms with Crippen LogP contribution in [0.1, 0.15) is 5.56 Å². The first-order valence-electron chi connectivity index (χ1n) is 4.82. The van der Waals surface area contributed by atoms with E-state index in [2.05, 4.69) is 10.3 Å². The van der Waals surface area contributed by atoms with E-state index in [-0.39, 0.29) is 18.0 Å². The van der Waals surface area contributed by atoms with Gasteiger partial charge in [0, 0.05) is 18.4 Å². The Morgan fingerprint density at radius 2 is 2.18 bits per heavy atom. The number of aromatic nitrogens is 1. The lowest BCUT2D eigenvalue weighted by atomic mass is 10.2. The van der Waals surface area contributed by atoms with Crippen LogP contribution in [0.5, 0.6) is 0 Å². The van der Waals surface area contributed by atoms with Crippen LogP contribution in [0.25, 0.3) is 0 Å². The zero-order valence-corrected chi connectivity index (χ0v) is 10.3. The first kappa shape index (κ1) is 13.4. The van der Waals surface area contributed by atoms with Crippen molar-refractivity contribution in [2.75, 3.05) is 23.9 Å². The molecule has 0 saturated carbocycles. The van der Waals surface area contributed by atoms with Crippen LogP contribution in [0, 0.1) is 17.0 Å². The summed E-state index contributed by atoms with van der Waals surface area (Å²) < 4.78 is 21.8. The molecule has 0 aliphatic carbocycles. The number of pyridine rings is 1. The van der Waals surface area contributed by atoms with E-state index in [1.165, 1.54) is 6.07 Å². The third kappa shape index (κ3) is 4.35. The van der Waals surface area contributed by atoms with Crippen LogP contribution in [-0.4, -0.2) is 36.9 Å². The van der Waals surface area contributed by atoms with Gasteiger partial charge < -0.3 is 5.32 Å². The number of nitrogens with zero attached hydrogens (tertiary/aromatic N) is 2. The summed E-state index contributed by atoms with van der Waals surface area (Å²) in [6, 6.07) is 1.51. The molecule has 1 heterocycles. The minimum Gasteiger partial charge on any atom is -0.369 e. The van der Waals surface area contributed by atoms with E-state index in [0.29, 0.717) is 11.4 Å². The molecule has 0 aliphatic heterocycles. The van der Waals surface area contributed by atoms with E-state index in [9.17, 15) is 18.5 Å². The fourth-order valence-corrected chi connectivity index (χ4v) is 1.67. The van der Waals surface area contributed by atoms with Gasteiger partial charge in [0.05, 0.1) is 10.7 Å². The van der Waals surface area contributed by atoms with Gasteiger partial charge in [-0.25, -0.2) is 13.4 Å². The molecule has 8 heteroatoms. The summed E-state index contributed by atoms with van der Waals surface area (Å²) in [5.41, 5.74) is 0.422. The van der Waals surface area contributed by atoms with Gasteiger partial charge >= 0.3 is 0 Å². The zero-order chi connectivity index (χ0) is 13.1. The number of aryl methyl sites for hydroxylation is 1. The van der Waals surface area contributed by atoms with E-state index in [1.54, 1.807) is 6.92 Å². The normalized spacial score (nSPS) is 11.2. The quantitative estimate of drug-likeness (QED) is 0.618. The highest BCUT2D eigenvalue weighted by Crippen LogP contribution is 2.18. The van der Waals surface area contributed by atoms with Gasteiger partial charge in [-0.3, -0.25) is 10.1 Å². The van der Waals surface area contributed by atoms with Crippen molar-refractivity contribution < 1.29 is 13.3 Å². The molecule has 0 bridgehead atoms. The maximum Gasteiger partial charge on any atom is 0.290 e. The molecule has 0 fully saturated rings. The highest BCUT2D eigenvalue weighted by molar-refractivity contribution is 7.90. The first-order chi connectivity index (χ1) is 7.79. The Labute approximate surface area is 98.9 Å². The van der Waals surface area contributed by atoms with Crippen molar-refractivity contribution >= 4 is 21.3 Å². The maximum atomic E-state index is 10.9. The molecule has 1 aromatic heterocycles. The minimum absolute atomic E-state index is 0.00921. The van der Waals surface area contributed by atoms with Gasteiger partial charge in [0.1, 0.15) is 21.9 Å². The number of rotatable bonds is 5. The molecule has 7 nitrogen and oxygen atoms in total. The van der Waals surface area contributed by atoms with Gasteiger partial charge in [-0.2, -0.15) is 0 Å². The Morgan fingerprint density at radius 1 is 1.53 bits per heavy atom. The average Bonchev–Trinajstić information content (AvgIpc) is 2.15. The summed E-state index contributed by atoms with van der Waals surface area (Å²) in [6.07, 6.45) is 2.29. The van der Waals surface area contributed by atoms with Crippen LogP contribution in [-0.2, 0) is 9.84 Å². The number of nitrogens with one attached hydrogen (secondary N) is 1. The van der Waals surface area contributed by atoms with Crippen LogP contribution < -0.4 is 5.32 Å². The van der Waals surface area contributed by atoms with Crippen molar-refractivity contribution in [3.05, 3.63) is 27.9 Å². The van der Waals surface area contributed by atoms with Gasteiger partial charge in [0.15, 0.2) is 0 Å². The van der Waals surface area contributed by atoms with Gasteiger partial charge in [0.2, 0.25) is 0 Å². The molecule has 0 atom stereocenters. The third-order valence-electron chi connectivity index (χ3n) is 2.06. The Morgan fingerprint density at radius 3 is 2.65 bits per heavy atom. The van der Waals surface area contributed by atoms with Gasteiger partial charge in [-0.05, 0) is 13.0 Å². The Kier molecular flexibility index (Phi) is 4.00. The van der Waals surface area contributed by atoms with Crippen molar-refractivity contribution in [1.29, 1.82) is 0 Å². The molecule has 1 aromatic rings. The summed E-state index contributed by atoms with van der Waals surface area (Å²) in [6.45, 7) is 1.82. The summed E-state index contributed by atoms with van der Waals surface area (Å²) in [4.78, 5) is 13.9. The third-order valence-corrected chi connectivity index (χ3v) is 3.00. The molecule has 0 spiro atoms. The molecule has 94 valence electrons. The number of sulfone groups is 1. The largest absolute Gasteiger partial charge is 0.369 e. The van der Waals surface area contributed by atoms with Crippen molar-refractivity contribution in [3.8, 4) is 0 Å². The van der Waals surface area contributed by atoms with Crippen molar-refractivity contribution in [1.82, 2.24) is 4.98 Å². The Balaban J connectivity index is 2.68. The highest BCUT2D eigenvalue weighted by Gasteiger charge is 2.11. The monoisotopic (exact) mass is 259 g/mol. The number of nitro groups is 1. The van der Waals surface area contributed by atoms with Crippen LogP contribution in [0.4, 0.5) is 11.5 Å². The second-order valence-electron chi connectivity index (χ2n) is 3.67. The average molecular weight is 259 g/mol. The van der Waals surface area contributed by atoms with Crippen LogP contribution in [0.2, 0.25) is 0 Å². The maximum absolute atomic E-state index is 10.9. The molecule has 0 unspecified atom stereocenters. The summed E-state index contributed by atoms with van der Waals surface area (Å²) in [5.74, 6) is 0.418. The minimum atomic E-state index is -3.02. The Hall–Kier alpha value is -1.70. The Bertz CT molecular complexity index is 527. The molecule has 0 saturated heterocycles. The van der Waals surface area contributed by atoms with Crippen LogP contribution >= 0.6 is 0 Å². The van der Waals surface area contributed by atoms with Gasteiger partial charge in [-0.1, -0.05) is 0 Å². The van der Waals surface area contributed by atoms with Crippen molar-refractivity contribution in [2.24, 2.45) is 0 Å². The van der Waals surface area contributed by atoms with Gasteiger partial charge in [-0.15, -0.1) is 0 Å². The lowest BCUT2D eigenvalue weighted by molar-refractivity contribution is -0.385. The number of hydrogen-bond acceptors (Lipinski definition) is 6. The van der Waals surface area contributed by atoms with E-state index >= 15 is 0 Å². The van der Waals surface area contributed by atoms with Crippen LogP contribution in [0.3, 0.4) is 0 Å². The molecule has 0 radical (unpaired) electrons.